The van der Waals surface area contributed by atoms with Gasteiger partial charge in [0, 0.05) is 49.5 Å². The number of nitrogens with one attached hydrogen (secondary N) is 1. The molecule has 38 heavy (non-hydrogen) atoms. The van der Waals surface area contributed by atoms with Crippen molar-refractivity contribution in [2.45, 2.75) is 17.2 Å². The Hall–Kier alpha value is -4.89. The summed E-state index contributed by atoms with van der Waals surface area (Å²) in [6.45, 7) is 0.242. The van der Waals surface area contributed by atoms with Crippen molar-refractivity contribution in [1.82, 2.24) is 34.4 Å². The molecule has 0 aliphatic heterocycles. The molecule has 0 saturated heterocycles. The number of hydrogen-bond donors (Lipinski definition) is 1. The molecule has 4 heterocycles. The Balaban J connectivity index is 1.44. The van der Waals surface area contributed by atoms with Gasteiger partial charge in [0.25, 0.3) is 5.91 Å². The summed E-state index contributed by atoms with van der Waals surface area (Å²) in [6, 6.07) is 9.50. The van der Waals surface area contributed by atoms with Gasteiger partial charge in [0.2, 0.25) is 5.82 Å². The highest BCUT2D eigenvalue weighted by molar-refractivity contribution is 7.90. The molecule has 1 N–H and O–H groups in total. The van der Waals surface area contributed by atoms with Crippen LogP contribution >= 0.6 is 0 Å². The lowest BCUT2D eigenvalue weighted by atomic mass is 10.1. The fourth-order valence-electron chi connectivity index (χ4n) is 3.70. The second kappa shape index (κ2) is 10.2. The first-order chi connectivity index (χ1) is 18.3. The normalized spacial score (nSPS) is 11.2. The zero-order valence-electron chi connectivity index (χ0n) is 20.0. The van der Waals surface area contributed by atoms with Gasteiger partial charge in [0.1, 0.15) is 5.65 Å². The zero-order valence-corrected chi connectivity index (χ0v) is 20.9. The number of nitrogens with zero attached hydrogens (tertiary/aromatic N) is 6. The van der Waals surface area contributed by atoms with E-state index in [1.165, 1.54) is 22.9 Å². The third-order valence-corrected chi connectivity index (χ3v) is 7.23. The summed E-state index contributed by atoms with van der Waals surface area (Å²) in [4.78, 5) is 24.7. The van der Waals surface area contributed by atoms with Gasteiger partial charge in [-0.1, -0.05) is 5.92 Å². The van der Waals surface area contributed by atoms with Crippen LogP contribution in [0.2, 0.25) is 0 Å². The number of aromatic nitrogens is 6. The van der Waals surface area contributed by atoms with Crippen LogP contribution in [0.4, 0.5) is 4.39 Å². The molecule has 0 spiro atoms. The van der Waals surface area contributed by atoms with E-state index in [0.29, 0.717) is 5.69 Å². The van der Waals surface area contributed by atoms with Crippen molar-refractivity contribution in [3.8, 4) is 11.8 Å². The lowest BCUT2D eigenvalue weighted by molar-refractivity contribution is 0.0950. The molecule has 0 radical (unpaired) electrons. The maximum absolute atomic E-state index is 13.3. The first-order valence-electron chi connectivity index (χ1n) is 11.3. The maximum Gasteiger partial charge on any atom is 0.251 e. The van der Waals surface area contributed by atoms with Gasteiger partial charge in [-0.3, -0.25) is 9.48 Å². The van der Waals surface area contributed by atoms with Crippen molar-refractivity contribution >= 4 is 21.4 Å². The molecule has 12 heteroatoms. The van der Waals surface area contributed by atoms with Crippen LogP contribution in [-0.2, 0) is 29.2 Å². The van der Waals surface area contributed by atoms with E-state index in [-0.39, 0.29) is 34.1 Å². The molecule has 0 unspecified atom stereocenters. The summed E-state index contributed by atoms with van der Waals surface area (Å²) >= 11 is 0. The second-order valence-electron chi connectivity index (χ2n) is 8.34. The van der Waals surface area contributed by atoms with Gasteiger partial charge in [0.05, 0.1) is 28.7 Å². The molecule has 0 saturated carbocycles. The van der Waals surface area contributed by atoms with Crippen LogP contribution in [0.3, 0.4) is 0 Å². The van der Waals surface area contributed by atoms with E-state index in [0.717, 1.165) is 23.6 Å². The maximum atomic E-state index is 13.3. The first kappa shape index (κ1) is 24.8. The predicted octanol–water partition coefficient (Wildman–Crippen LogP) is 2.30. The van der Waals surface area contributed by atoms with E-state index in [9.17, 15) is 17.6 Å². The number of carbonyl (C=O) groups is 1. The van der Waals surface area contributed by atoms with Gasteiger partial charge in [-0.15, -0.1) is 0 Å². The number of hydrogen-bond acceptors (Lipinski definition) is 7. The van der Waals surface area contributed by atoms with Gasteiger partial charge >= 0.3 is 0 Å². The van der Waals surface area contributed by atoms with Crippen molar-refractivity contribution in [2.75, 3.05) is 0 Å². The average Bonchev–Trinajstić information content (AvgIpc) is 3.54. The molecule has 0 bridgehead atoms. The Morgan fingerprint density at radius 2 is 1.84 bits per heavy atom. The molecule has 5 rings (SSSR count). The standard InChI is InChI=1S/C26H20FN7O3S/c1-33-9-7-22(32-33)17-38(36,37)23-4-2-20(13-19(23)3-5-24-29-15-21(27)16-30-24)26(35)31-14-18-6-10-34-11-8-28-25(34)12-18/h2,4,6-13,15-16H,14,17H2,1H3,(H,31,35). The topological polar surface area (TPSA) is 124 Å². The van der Waals surface area contributed by atoms with E-state index in [4.69, 9.17) is 0 Å². The van der Waals surface area contributed by atoms with Crippen molar-refractivity contribution in [2.24, 2.45) is 7.05 Å². The number of aryl methyl sites for hydroxylation is 1. The largest absolute Gasteiger partial charge is 0.348 e. The molecule has 190 valence electrons. The molecule has 5 aromatic rings. The summed E-state index contributed by atoms with van der Waals surface area (Å²) in [5.74, 6) is 4.00. The first-order valence-corrected chi connectivity index (χ1v) is 13.0. The molecule has 4 aromatic heterocycles. The second-order valence-corrected chi connectivity index (χ2v) is 10.3. The van der Waals surface area contributed by atoms with Crippen LogP contribution in [-0.4, -0.2) is 43.5 Å². The van der Waals surface area contributed by atoms with Crippen LogP contribution in [0, 0.1) is 17.7 Å². The lowest BCUT2D eigenvalue weighted by Crippen LogP contribution is -2.23. The third-order valence-electron chi connectivity index (χ3n) is 5.53. The average molecular weight is 530 g/mol. The van der Waals surface area contributed by atoms with Crippen LogP contribution in [0.15, 0.2) is 78.5 Å². The number of halogens is 1. The summed E-state index contributed by atoms with van der Waals surface area (Å²) in [6.07, 6.45) is 8.91. The molecule has 1 amide bonds. The van der Waals surface area contributed by atoms with Gasteiger partial charge in [-0.25, -0.2) is 27.8 Å². The number of rotatable bonds is 6. The van der Waals surface area contributed by atoms with E-state index >= 15 is 0 Å². The van der Waals surface area contributed by atoms with E-state index in [2.05, 4.69) is 37.2 Å². The van der Waals surface area contributed by atoms with Gasteiger partial charge < -0.3 is 9.72 Å². The minimum absolute atomic E-state index is 0.00344. The van der Waals surface area contributed by atoms with Crippen molar-refractivity contribution in [3.63, 3.8) is 0 Å². The highest BCUT2D eigenvalue weighted by Gasteiger charge is 2.22. The summed E-state index contributed by atoms with van der Waals surface area (Å²) in [5, 5.41) is 6.97. The van der Waals surface area contributed by atoms with Gasteiger partial charge in [-0.2, -0.15) is 5.10 Å². The van der Waals surface area contributed by atoms with E-state index in [1.54, 1.807) is 25.5 Å². The van der Waals surface area contributed by atoms with Crippen LogP contribution < -0.4 is 5.32 Å². The Morgan fingerprint density at radius 3 is 2.61 bits per heavy atom. The Kier molecular flexibility index (Phi) is 6.68. The van der Waals surface area contributed by atoms with Crippen LogP contribution in [0.25, 0.3) is 5.65 Å². The minimum atomic E-state index is -3.87. The molecular formula is C26H20FN7O3S. The molecule has 0 atom stereocenters. The Morgan fingerprint density at radius 1 is 1.03 bits per heavy atom. The number of benzene rings is 1. The summed E-state index contributed by atoms with van der Waals surface area (Å²) in [7, 11) is -2.18. The number of carbonyl (C=O) groups excluding carboxylic acids is 1. The fourth-order valence-corrected chi connectivity index (χ4v) is 5.12. The number of amides is 1. The predicted molar refractivity (Wildman–Crippen MR) is 135 cm³/mol. The highest BCUT2D eigenvalue weighted by Crippen LogP contribution is 2.22. The number of sulfone groups is 1. The Bertz CT molecular complexity index is 1820. The van der Waals surface area contributed by atoms with E-state index in [1.807, 2.05) is 28.9 Å². The molecule has 0 fully saturated rings. The zero-order chi connectivity index (χ0) is 26.7. The lowest BCUT2D eigenvalue weighted by Gasteiger charge is -2.10. The molecule has 10 nitrogen and oxygen atoms in total. The van der Waals surface area contributed by atoms with Crippen molar-refractivity contribution < 1.29 is 17.6 Å². The fraction of sp³-hybridized carbons (Fsp3) is 0.115. The third kappa shape index (κ3) is 5.58. The molecular weight excluding hydrogens is 509 g/mol. The van der Waals surface area contributed by atoms with Crippen molar-refractivity contribution in [3.05, 3.63) is 108 Å². The van der Waals surface area contributed by atoms with Crippen molar-refractivity contribution in [1.29, 1.82) is 0 Å². The van der Waals surface area contributed by atoms with Crippen LogP contribution in [0.5, 0.6) is 0 Å². The molecule has 1 aromatic carbocycles. The SMILES string of the molecule is Cn1ccc(CS(=O)(=O)c2ccc(C(=O)NCc3ccn4ccnc4c3)cc2C#Cc2ncc(F)cn2)n1. The molecule has 0 aliphatic rings. The van der Waals surface area contributed by atoms with Gasteiger partial charge in [-0.05, 0) is 47.9 Å². The summed E-state index contributed by atoms with van der Waals surface area (Å²) in [5.41, 5.74) is 2.26. The molecule has 0 aliphatic carbocycles. The minimum Gasteiger partial charge on any atom is -0.348 e. The Labute approximate surface area is 217 Å². The number of pyridine rings is 1. The number of imidazole rings is 1. The van der Waals surface area contributed by atoms with E-state index < -0.39 is 21.6 Å². The number of fused-ring (bicyclic) bond motifs is 1. The van der Waals surface area contributed by atoms with Gasteiger partial charge in [0.15, 0.2) is 15.7 Å². The highest BCUT2D eigenvalue weighted by atomic mass is 32.2. The smallest absolute Gasteiger partial charge is 0.251 e. The monoisotopic (exact) mass is 529 g/mol. The summed E-state index contributed by atoms with van der Waals surface area (Å²) < 4.78 is 43.0. The van der Waals surface area contributed by atoms with Crippen LogP contribution in [0.1, 0.15) is 33.0 Å². The quantitative estimate of drug-likeness (QED) is 0.335.